The topological polar surface area (TPSA) is 49.6 Å². The van der Waals surface area contributed by atoms with Crippen molar-refractivity contribution in [2.45, 2.75) is 30.7 Å². The van der Waals surface area contributed by atoms with Gasteiger partial charge in [-0.25, -0.2) is 4.98 Å². The second-order valence-electron chi connectivity index (χ2n) is 8.36. The molecule has 2 aliphatic heterocycles. The van der Waals surface area contributed by atoms with E-state index in [4.69, 9.17) is 0 Å². The Morgan fingerprint density at radius 1 is 1.06 bits per heavy atom. The third kappa shape index (κ3) is 6.25. The fourth-order valence-corrected chi connectivity index (χ4v) is 5.36. The minimum Gasteiger partial charge on any atom is -0.351 e. The van der Waals surface area contributed by atoms with Crippen molar-refractivity contribution in [2.24, 2.45) is 0 Å². The minimum atomic E-state index is -0.00148. The third-order valence-corrected chi connectivity index (χ3v) is 7.19. The van der Waals surface area contributed by atoms with Gasteiger partial charge in [-0.3, -0.25) is 14.1 Å². The molecule has 0 spiro atoms. The summed E-state index contributed by atoms with van der Waals surface area (Å²) in [5.41, 5.74) is 4.75. The van der Waals surface area contributed by atoms with Crippen LogP contribution in [0.5, 0.6) is 0 Å². The molecule has 34 heavy (non-hydrogen) atoms. The lowest BCUT2D eigenvalue weighted by molar-refractivity contribution is -0.116. The van der Waals surface area contributed by atoms with Gasteiger partial charge < -0.3 is 5.32 Å². The maximum absolute atomic E-state index is 12.7. The Hall–Kier alpha value is -2.25. The first-order valence-corrected chi connectivity index (χ1v) is 12.2. The van der Waals surface area contributed by atoms with E-state index in [9.17, 15) is 4.79 Å². The number of pyridine rings is 1. The maximum Gasteiger partial charge on any atom is 0.258 e. The zero-order valence-electron chi connectivity index (χ0n) is 19.0. The zero-order chi connectivity index (χ0) is 21.8. The minimum absolute atomic E-state index is 0. The molecule has 1 amide bonds. The van der Waals surface area contributed by atoms with Crippen molar-refractivity contribution in [3.8, 4) is 0 Å². The van der Waals surface area contributed by atoms with Crippen molar-refractivity contribution in [1.29, 1.82) is 0 Å². The third-order valence-electron chi connectivity index (χ3n) is 6.14. The van der Waals surface area contributed by atoms with E-state index in [-0.39, 0.29) is 30.7 Å². The summed E-state index contributed by atoms with van der Waals surface area (Å²) in [5, 5.41) is 4.14. The van der Waals surface area contributed by atoms with Crippen LogP contribution >= 0.6 is 36.6 Å². The molecule has 3 aromatic rings. The SMILES string of the molecule is Cl.Cl.O=C(NCCC1=CCN(CCCc2ccccc2)CC1)C1=Cc2cnc3cccc(n23)S1. The molecule has 0 fully saturated rings. The second kappa shape index (κ2) is 12.5. The highest BCUT2D eigenvalue weighted by molar-refractivity contribution is 8.04. The van der Waals surface area contributed by atoms with Gasteiger partial charge in [-0.1, -0.05) is 59.8 Å². The fraction of sp³-hybridized carbons (Fsp3) is 0.308. The number of nitrogens with zero attached hydrogens (tertiary/aromatic N) is 3. The number of hydrogen-bond acceptors (Lipinski definition) is 4. The number of halogens is 2. The molecule has 4 heterocycles. The molecule has 0 saturated carbocycles. The number of imidazole rings is 1. The van der Waals surface area contributed by atoms with Crippen LogP contribution in [0.3, 0.4) is 0 Å². The van der Waals surface area contributed by atoms with Gasteiger partial charge in [0.25, 0.3) is 5.91 Å². The number of carbonyl (C=O) groups excluding carboxylic acids is 1. The van der Waals surface area contributed by atoms with Crippen LogP contribution in [-0.4, -0.2) is 46.4 Å². The van der Waals surface area contributed by atoms with Gasteiger partial charge in [0.05, 0.1) is 21.8 Å². The van der Waals surface area contributed by atoms with E-state index in [1.165, 1.54) is 29.3 Å². The van der Waals surface area contributed by atoms with Crippen molar-refractivity contribution in [2.75, 3.05) is 26.2 Å². The predicted molar refractivity (Wildman–Crippen MR) is 145 cm³/mol. The summed E-state index contributed by atoms with van der Waals surface area (Å²) in [6.07, 6.45) is 10.5. The molecule has 2 aromatic heterocycles. The molecule has 1 aromatic carbocycles. The highest BCUT2D eigenvalue weighted by Gasteiger charge is 2.20. The molecular formula is C26H30Cl2N4OS. The summed E-state index contributed by atoms with van der Waals surface area (Å²) in [4.78, 5) is 20.4. The van der Waals surface area contributed by atoms with Crippen molar-refractivity contribution < 1.29 is 4.79 Å². The number of hydrogen-bond donors (Lipinski definition) is 1. The second-order valence-corrected chi connectivity index (χ2v) is 9.42. The Bertz CT molecular complexity index is 1180. The summed E-state index contributed by atoms with van der Waals surface area (Å²) in [6, 6.07) is 16.7. The largest absolute Gasteiger partial charge is 0.351 e. The van der Waals surface area contributed by atoms with Gasteiger partial charge >= 0.3 is 0 Å². The molecule has 1 N–H and O–H groups in total. The van der Waals surface area contributed by atoms with Gasteiger partial charge in [0, 0.05) is 19.6 Å². The molecular weight excluding hydrogens is 487 g/mol. The number of carbonyl (C=O) groups is 1. The number of aromatic nitrogens is 2. The number of amides is 1. The van der Waals surface area contributed by atoms with Crippen molar-refractivity contribution >= 4 is 54.2 Å². The summed E-state index contributed by atoms with van der Waals surface area (Å²) >= 11 is 1.51. The van der Waals surface area contributed by atoms with Crippen LogP contribution in [-0.2, 0) is 11.2 Å². The first-order chi connectivity index (χ1) is 15.8. The van der Waals surface area contributed by atoms with Gasteiger partial charge in [0.15, 0.2) is 0 Å². The van der Waals surface area contributed by atoms with Gasteiger partial charge in [-0.2, -0.15) is 0 Å². The van der Waals surface area contributed by atoms with Crippen LogP contribution in [0, 0.1) is 0 Å². The Balaban J connectivity index is 0.00000162. The summed E-state index contributed by atoms with van der Waals surface area (Å²) in [7, 11) is 0. The monoisotopic (exact) mass is 516 g/mol. The standard InChI is InChI=1S/C26H28N4OS.2ClH/c31-26(23-18-22-19-28-24-9-4-10-25(32-23)30(22)24)27-14-11-21-12-16-29(17-13-21)15-5-8-20-6-2-1-3-7-20;;/h1-4,6-7,9-10,12,18-19H,5,8,11,13-17H2,(H,27,31);2*1H. The average molecular weight is 518 g/mol. The normalized spacial score (nSPS) is 15.1. The number of aryl methyl sites for hydroxylation is 1. The zero-order valence-corrected chi connectivity index (χ0v) is 21.4. The first kappa shape index (κ1) is 26.4. The van der Waals surface area contributed by atoms with Crippen molar-refractivity contribution in [3.05, 3.63) is 82.5 Å². The summed E-state index contributed by atoms with van der Waals surface area (Å²) < 4.78 is 2.08. The quantitative estimate of drug-likeness (QED) is 0.407. The number of nitrogens with one attached hydrogen (secondary N) is 1. The Kier molecular flexibility index (Phi) is 9.65. The van der Waals surface area contributed by atoms with E-state index in [2.05, 4.69) is 56.0 Å². The Labute approximate surface area is 217 Å². The number of benzene rings is 1. The van der Waals surface area contributed by atoms with Crippen LogP contribution in [0.4, 0.5) is 0 Å². The highest BCUT2D eigenvalue weighted by Crippen LogP contribution is 2.34. The molecule has 0 unspecified atom stereocenters. The van der Waals surface area contributed by atoms with Crippen LogP contribution < -0.4 is 5.32 Å². The lowest BCUT2D eigenvalue weighted by Gasteiger charge is -2.26. The van der Waals surface area contributed by atoms with Gasteiger partial charge in [-0.15, -0.1) is 24.8 Å². The van der Waals surface area contributed by atoms with Crippen molar-refractivity contribution in [3.63, 3.8) is 0 Å². The molecule has 0 radical (unpaired) electrons. The number of rotatable bonds is 8. The Morgan fingerprint density at radius 2 is 1.91 bits per heavy atom. The van der Waals surface area contributed by atoms with Crippen LogP contribution in [0.1, 0.15) is 30.5 Å². The summed E-state index contributed by atoms with van der Waals surface area (Å²) in [5.74, 6) is -0.00148. The lowest BCUT2D eigenvalue weighted by Crippen LogP contribution is -2.31. The lowest BCUT2D eigenvalue weighted by atomic mass is 10.0. The van der Waals surface area contributed by atoms with E-state index < -0.39 is 0 Å². The highest BCUT2D eigenvalue weighted by atomic mass is 35.5. The van der Waals surface area contributed by atoms with E-state index in [1.807, 2.05) is 30.5 Å². The van der Waals surface area contributed by atoms with E-state index in [0.29, 0.717) is 6.54 Å². The van der Waals surface area contributed by atoms with Crippen LogP contribution in [0.25, 0.3) is 11.7 Å². The molecule has 0 saturated heterocycles. The molecule has 8 heteroatoms. The van der Waals surface area contributed by atoms with E-state index >= 15 is 0 Å². The predicted octanol–water partition coefficient (Wildman–Crippen LogP) is 5.40. The van der Waals surface area contributed by atoms with Crippen LogP contribution in [0.15, 0.2) is 76.3 Å². The number of thioether (sulfide) groups is 1. The van der Waals surface area contributed by atoms with E-state index in [0.717, 1.165) is 60.2 Å². The van der Waals surface area contributed by atoms with Gasteiger partial charge in [0.2, 0.25) is 0 Å². The maximum atomic E-state index is 12.7. The fourth-order valence-electron chi connectivity index (χ4n) is 4.36. The summed E-state index contributed by atoms with van der Waals surface area (Å²) in [6.45, 7) is 3.96. The van der Waals surface area contributed by atoms with Gasteiger partial charge in [0.1, 0.15) is 5.65 Å². The molecule has 5 nitrogen and oxygen atoms in total. The average Bonchev–Trinajstić information content (AvgIpc) is 3.25. The molecule has 180 valence electrons. The molecule has 0 atom stereocenters. The molecule has 0 bridgehead atoms. The van der Waals surface area contributed by atoms with Crippen LogP contribution in [0.2, 0.25) is 0 Å². The van der Waals surface area contributed by atoms with E-state index in [1.54, 1.807) is 0 Å². The Morgan fingerprint density at radius 3 is 2.71 bits per heavy atom. The molecule has 5 rings (SSSR count). The molecule has 0 aliphatic carbocycles. The first-order valence-electron chi connectivity index (χ1n) is 11.3. The smallest absolute Gasteiger partial charge is 0.258 e. The van der Waals surface area contributed by atoms with Crippen molar-refractivity contribution in [1.82, 2.24) is 19.6 Å². The molecule has 2 aliphatic rings. The van der Waals surface area contributed by atoms with Gasteiger partial charge in [-0.05, 0) is 56.0 Å².